The summed E-state index contributed by atoms with van der Waals surface area (Å²) in [6.45, 7) is 3.69. The van der Waals surface area contributed by atoms with Crippen LogP contribution >= 0.6 is 11.8 Å². The van der Waals surface area contributed by atoms with Crippen molar-refractivity contribution in [2.24, 2.45) is 5.92 Å². The Balaban J connectivity index is 1.41. The number of piperidine rings is 1. The highest BCUT2D eigenvalue weighted by Gasteiger charge is 2.31. The standard InChI is InChI=1S/C24H32N2O4S2/c1-3-4-19-5-7-21(8-6-19)30-18-15-25-24(27)20-13-16-26(17-14-20)32(28,29)23-11-9-22(31-2)10-12-23/h5-12,20H,3-4,13-18H2,1-2H3,(H,25,27). The van der Waals surface area contributed by atoms with Gasteiger partial charge in [0.25, 0.3) is 0 Å². The lowest BCUT2D eigenvalue weighted by atomic mass is 9.97. The molecule has 1 fully saturated rings. The molecule has 0 aliphatic carbocycles. The van der Waals surface area contributed by atoms with Gasteiger partial charge in [-0.25, -0.2) is 8.42 Å². The molecule has 1 amide bonds. The maximum absolute atomic E-state index is 12.9. The molecule has 0 spiro atoms. The third-order valence-corrected chi connectivity index (χ3v) is 8.31. The number of carbonyl (C=O) groups is 1. The van der Waals surface area contributed by atoms with Crippen molar-refractivity contribution < 1.29 is 17.9 Å². The zero-order valence-electron chi connectivity index (χ0n) is 18.7. The molecule has 1 aliphatic rings. The number of amides is 1. The van der Waals surface area contributed by atoms with Crippen molar-refractivity contribution in [2.75, 3.05) is 32.5 Å². The van der Waals surface area contributed by atoms with E-state index in [1.165, 1.54) is 9.87 Å². The van der Waals surface area contributed by atoms with Crippen LogP contribution in [0, 0.1) is 5.92 Å². The van der Waals surface area contributed by atoms with Crippen molar-refractivity contribution in [3.05, 3.63) is 54.1 Å². The van der Waals surface area contributed by atoms with E-state index in [0.29, 0.717) is 44.0 Å². The topological polar surface area (TPSA) is 75.7 Å². The molecule has 0 radical (unpaired) electrons. The number of carbonyl (C=O) groups excluding carboxylic acids is 1. The van der Waals surface area contributed by atoms with E-state index < -0.39 is 10.0 Å². The monoisotopic (exact) mass is 476 g/mol. The molecule has 0 saturated carbocycles. The van der Waals surface area contributed by atoms with Gasteiger partial charge >= 0.3 is 0 Å². The molecule has 1 saturated heterocycles. The fourth-order valence-corrected chi connectivity index (χ4v) is 5.66. The van der Waals surface area contributed by atoms with Crippen molar-refractivity contribution in [3.63, 3.8) is 0 Å². The SMILES string of the molecule is CCCc1ccc(OCCNC(=O)C2CCN(S(=O)(=O)c3ccc(SC)cc3)CC2)cc1. The number of hydrogen-bond donors (Lipinski definition) is 1. The molecule has 1 aliphatic heterocycles. The minimum absolute atomic E-state index is 0.0340. The van der Waals surface area contributed by atoms with Gasteiger partial charge in [0, 0.05) is 23.9 Å². The van der Waals surface area contributed by atoms with E-state index in [1.807, 2.05) is 30.5 Å². The van der Waals surface area contributed by atoms with Crippen LogP contribution in [0.5, 0.6) is 5.75 Å². The van der Waals surface area contributed by atoms with E-state index in [0.717, 1.165) is 23.5 Å². The van der Waals surface area contributed by atoms with Gasteiger partial charge < -0.3 is 10.1 Å². The molecule has 6 nitrogen and oxygen atoms in total. The van der Waals surface area contributed by atoms with E-state index >= 15 is 0 Å². The number of hydrogen-bond acceptors (Lipinski definition) is 5. The first-order chi connectivity index (χ1) is 15.4. The van der Waals surface area contributed by atoms with Crippen LogP contribution in [0.15, 0.2) is 58.3 Å². The Morgan fingerprint density at radius 2 is 1.75 bits per heavy atom. The predicted octanol–water partition coefficient (Wildman–Crippen LogP) is 3.96. The Kier molecular flexibility index (Phi) is 9.02. The molecule has 2 aromatic rings. The average molecular weight is 477 g/mol. The zero-order valence-corrected chi connectivity index (χ0v) is 20.4. The van der Waals surface area contributed by atoms with Crippen molar-refractivity contribution in [1.82, 2.24) is 9.62 Å². The summed E-state index contributed by atoms with van der Waals surface area (Å²) in [5.41, 5.74) is 1.29. The Morgan fingerprint density at radius 1 is 1.09 bits per heavy atom. The Hall–Kier alpha value is -2.03. The summed E-state index contributed by atoms with van der Waals surface area (Å²) in [4.78, 5) is 13.8. The number of rotatable bonds is 10. The predicted molar refractivity (Wildman–Crippen MR) is 129 cm³/mol. The van der Waals surface area contributed by atoms with Crippen LogP contribution in [0.2, 0.25) is 0 Å². The number of nitrogens with one attached hydrogen (secondary N) is 1. The van der Waals surface area contributed by atoms with Gasteiger partial charge in [-0.05, 0) is 67.5 Å². The van der Waals surface area contributed by atoms with E-state index in [9.17, 15) is 13.2 Å². The van der Waals surface area contributed by atoms with Crippen molar-refractivity contribution in [1.29, 1.82) is 0 Å². The second-order valence-electron chi connectivity index (χ2n) is 7.89. The summed E-state index contributed by atoms with van der Waals surface area (Å²) in [5, 5.41) is 2.92. The maximum atomic E-state index is 12.9. The number of ether oxygens (including phenoxy) is 1. The van der Waals surface area contributed by atoms with Crippen LogP contribution < -0.4 is 10.1 Å². The zero-order chi connectivity index (χ0) is 23.0. The maximum Gasteiger partial charge on any atom is 0.243 e. The highest BCUT2D eigenvalue weighted by atomic mass is 32.2. The molecule has 3 rings (SSSR count). The molecule has 1 heterocycles. The van der Waals surface area contributed by atoms with E-state index in [-0.39, 0.29) is 11.8 Å². The number of nitrogens with zero attached hydrogens (tertiary/aromatic N) is 1. The van der Waals surface area contributed by atoms with E-state index in [2.05, 4.69) is 24.4 Å². The number of thioether (sulfide) groups is 1. The molecule has 2 aromatic carbocycles. The molecule has 0 atom stereocenters. The summed E-state index contributed by atoms with van der Waals surface area (Å²) in [6, 6.07) is 15.0. The van der Waals surface area contributed by atoms with Crippen LogP contribution in [-0.4, -0.2) is 51.1 Å². The lowest BCUT2D eigenvalue weighted by molar-refractivity contribution is -0.126. The van der Waals surface area contributed by atoms with Gasteiger partial charge in [-0.2, -0.15) is 4.31 Å². The Bertz CT molecular complexity index is 968. The average Bonchev–Trinajstić information content (AvgIpc) is 2.83. The molecule has 0 bridgehead atoms. The minimum atomic E-state index is -3.52. The highest BCUT2D eigenvalue weighted by Crippen LogP contribution is 2.25. The van der Waals surface area contributed by atoms with Crippen LogP contribution in [0.4, 0.5) is 0 Å². The quantitative estimate of drug-likeness (QED) is 0.415. The molecule has 32 heavy (non-hydrogen) atoms. The molecule has 1 N–H and O–H groups in total. The fourth-order valence-electron chi connectivity index (χ4n) is 3.78. The smallest absolute Gasteiger partial charge is 0.243 e. The Labute approximate surface area is 195 Å². The second kappa shape index (κ2) is 11.7. The number of aryl methyl sites for hydroxylation is 1. The third-order valence-electron chi connectivity index (χ3n) is 5.65. The van der Waals surface area contributed by atoms with Crippen LogP contribution in [-0.2, 0) is 21.2 Å². The van der Waals surface area contributed by atoms with E-state index in [1.54, 1.807) is 23.9 Å². The summed E-state index contributed by atoms with van der Waals surface area (Å²) in [5.74, 6) is 0.588. The number of benzene rings is 2. The van der Waals surface area contributed by atoms with Crippen molar-refractivity contribution in [3.8, 4) is 5.75 Å². The summed E-state index contributed by atoms with van der Waals surface area (Å²) in [7, 11) is -3.52. The lowest BCUT2D eigenvalue weighted by Gasteiger charge is -2.30. The molecular formula is C24H32N2O4S2. The third kappa shape index (κ3) is 6.49. The van der Waals surface area contributed by atoms with Gasteiger partial charge in [0.05, 0.1) is 11.4 Å². The highest BCUT2D eigenvalue weighted by molar-refractivity contribution is 7.98. The summed E-state index contributed by atoms with van der Waals surface area (Å²) < 4.78 is 32.9. The van der Waals surface area contributed by atoms with Gasteiger partial charge in [-0.1, -0.05) is 25.5 Å². The summed E-state index contributed by atoms with van der Waals surface area (Å²) >= 11 is 1.57. The van der Waals surface area contributed by atoms with Crippen molar-refractivity contribution >= 4 is 27.7 Å². The first-order valence-corrected chi connectivity index (χ1v) is 13.7. The molecule has 8 heteroatoms. The molecule has 0 aromatic heterocycles. The van der Waals surface area contributed by atoms with Crippen LogP contribution in [0.1, 0.15) is 31.7 Å². The van der Waals surface area contributed by atoms with Crippen LogP contribution in [0.25, 0.3) is 0 Å². The molecule has 0 unspecified atom stereocenters. The van der Waals surface area contributed by atoms with Gasteiger partial charge in [0.1, 0.15) is 12.4 Å². The van der Waals surface area contributed by atoms with E-state index in [4.69, 9.17) is 4.74 Å². The lowest BCUT2D eigenvalue weighted by Crippen LogP contribution is -2.43. The largest absolute Gasteiger partial charge is 0.492 e. The molecule has 174 valence electrons. The molecular weight excluding hydrogens is 444 g/mol. The van der Waals surface area contributed by atoms with Crippen LogP contribution in [0.3, 0.4) is 0 Å². The first-order valence-electron chi connectivity index (χ1n) is 11.1. The minimum Gasteiger partial charge on any atom is -0.492 e. The second-order valence-corrected chi connectivity index (χ2v) is 10.7. The fraction of sp³-hybridized carbons (Fsp3) is 0.458. The van der Waals surface area contributed by atoms with Gasteiger partial charge in [0.2, 0.25) is 15.9 Å². The van der Waals surface area contributed by atoms with Gasteiger partial charge in [-0.3, -0.25) is 4.79 Å². The summed E-state index contributed by atoms with van der Waals surface area (Å²) in [6.07, 6.45) is 5.17. The van der Waals surface area contributed by atoms with Crippen molar-refractivity contribution in [2.45, 2.75) is 42.4 Å². The normalized spacial score (nSPS) is 15.4. The van der Waals surface area contributed by atoms with Gasteiger partial charge in [-0.15, -0.1) is 11.8 Å². The number of sulfonamides is 1. The van der Waals surface area contributed by atoms with Gasteiger partial charge in [0.15, 0.2) is 0 Å². The Morgan fingerprint density at radius 3 is 2.34 bits per heavy atom. The first kappa shape index (κ1) is 24.6.